The maximum atomic E-state index is 5.98. The first-order chi connectivity index (χ1) is 8.18. The molecule has 0 heterocycles. The van der Waals surface area contributed by atoms with Crippen molar-refractivity contribution < 1.29 is 4.74 Å². The van der Waals surface area contributed by atoms with Crippen LogP contribution in [0.25, 0.3) is 0 Å². The normalized spacial score (nSPS) is 24.0. The summed E-state index contributed by atoms with van der Waals surface area (Å²) in [7, 11) is 0. The molecule has 1 saturated carbocycles. The molecule has 3 heteroatoms. The molecule has 102 valence electrons. The van der Waals surface area contributed by atoms with E-state index in [1.165, 1.54) is 38.5 Å². The van der Waals surface area contributed by atoms with Crippen LogP contribution in [0.2, 0.25) is 0 Å². The number of rotatable bonds is 6. The smallest absolute Gasteiger partial charge is 0.0820 e. The van der Waals surface area contributed by atoms with Crippen molar-refractivity contribution in [3.63, 3.8) is 0 Å². The summed E-state index contributed by atoms with van der Waals surface area (Å²) in [6.45, 7) is 7.21. The van der Waals surface area contributed by atoms with E-state index in [1.807, 2.05) is 0 Å². The van der Waals surface area contributed by atoms with E-state index in [2.05, 4.69) is 26.2 Å². The topological polar surface area (TPSA) is 47.3 Å². The average molecular weight is 242 g/mol. The highest BCUT2D eigenvalue weighted by atomic mass is 16.5. The fraction of sp³-hybridized carbons (Fsp3) is 1.00. The molecule has 2 atom stereocenters. The molecule has 0 bridgehead atoms. The van der Waals surface area contributed by atoms with Crippen LogP contribution in [-0.4, -0.2) is 18.2 Å². The van der Waals surface area contributed by atoms with Gasteiger partial charge in [0, 0.05) is 6.61 Å². The number of hydrazine groups is 1. The van der Waals surface area contributed by atoms with Crippen molar-refractivity contribution in [3.05, 3.63) is 0 Å². The first-order valence-corrected chi connectivity index (χ1v) is 7.28. The summed E-state index contributed by atoms with van der Waals surface area (Å²) >= 11 is 0. The maximum Gasteiger partial charge on any atom is 0.0820 e. The lowest BCUT2D eigenvalue weighted by molar-refractivity contribution is -0.0710. The fourth-order valence-corrected chi connectivity index (χ4v) is 3.20. The molecule has 1 aliphatic carbocycles. The maximum absolute atomic E-state index is 5.98. The minimum atomic E-state index is -0.126. The largest absolute Gasteiger partial charge is 0.374 e. The zero-order valence-electron chi connectivity index (χ0n) is 11.8. The molecule has 0 radical (unpaired) electrons. The molecule has 0 aromatic carbocycles. The van der Waals surface area contributed by atoms with Crippen LogP contribution in [0.5, 0.6) is 0 Å². The predicted octanol–water partition coefficient (Wildman–Crippen LogP) is 2.99. The molecule has 17 heavy (non-hydrogen) atoms. The highest BCUT2D eigenvalue weighted by molar-refractivity contribution is 4.92. The standard InChI is InChI=1S/C14H30N2O/c1-4-14(3,17-5-2)13(16-15)12-10-8-6-7-9-11-12/h12-13,16H,4-11,15H2,1-3H3. The Labute approximate surface area is 106 Å². The molecule has 0 aliphatic heterocycles. The van der Waals surface area contributed by atoms with Crippen molar-refractivity contribution in [3.8, 4) is 0 Å². The van der Waals surface area contributed by atoms with Crippen molar-refractivity contribution in [1.29, 1.82) is 0 Å². The van der Waals surface area contributed by atoms with Gasteiger partial charge in [-0.25, -0.2) is 0 Å². The molecule has 1 fully saturated rings. The molecule has 0 amide bonds. The van der Waals surface area contributed by atoms with Crippen LogP contribution in [0, 0.1) is 5.92 Å². The number of hydrogen-bond donors (Lipinski definition) is 2. The summed E-state index contributed by atoms with van der Waals surface area (Å²) < 4.78 is 5.98. The Kier molecular flexibility index (Phi) is 6.45. The van der Waals surface area contributed by atoms with Gasteiger partial charge < -0.3 is 4.74 Å². The third-order valence-electron chi connectivity index (χ3n) is 4.38. The Bertz CT molecular complexity index is 202. The number of nitrogens with two attached hydrogens (primary N) is 1. The quantitative estimate of drug-likeness (QED) is 0.427. The monoisotopic (exact) mass is 242 g/mol. The molecule has 3 nitrogen and oxygen atoms in total. The third-order valence-corrected chi connectivity index (χ3v) is 4.38. The molecule has 0 saturated heterocycles. The van der Waals surface area contributed by atoms with E-state index in [0.29, 0.717) is 5.92 Å². The van der Waals surface area contributed by atoms with Crippen LogP contribution in [0.1, 0.15) is 65.7 Å². The van der Waals surface area contributed by atoms with Crippen LogP contribution < -0.4 is 11.3 Å². The Morgan fingerprint density at radius 2 is 1.82 bits per heavy atom. The van der Waals surface area contributed by atoms with Gasteiger partial charge in [0.15, 0.2) is 0 Å². The van der Waals surface area contributed by atoms with E-state index < -0.39 is 0 Å². The van der Waals surface area contributed by atoms with Gasteiger partial charge in [-0.15, -0.1) is 0 Å². The molecular weight excluding hydrogens is 212 g/mol. The highest BCUT2D eigenvalue weighted by Crippen LogP contribution is 2.33. The second kappa shape index (κ2) is 7.34. The van der Waals surface area contributed by atoms with E-state index >= 15 is 0 Å². The Morgan fingerprint density at radius 3 is 2.24 bits per heavy atom. The van der Waals surface area contributed by atoms with Gasteiger partial charge in [0.05, 0.1) is 11.6 Å². The van der Waals surface area contributed by atoms with Gasteiger partial charge in [-0.2, -0.15) is 0 Å². The van der Waals surface area contributed by atoms with Crippen LogP contribution >= 0.6 is 0 Å². The lowest BCUT2D eigenvalue weighted by Gasteiger charge is -2.40. The van der Waals surface area contributed by atoms with Gasteiger partial charge in [0.25, 0.3) is 0 Å². The molecule has 0 aromatic heterocycles. The highest BCUT2D eigenvalue weighted by Gasteiger charge is 2.38. The lowest BCUT2D eigenvalue weighted by Crippen LogP contribution is -2.56. The summed E-state index contributed by atoms with van der Waals surface area (Å²) in [5, 5.41) is 0. The van der Waals surface area contributed by atoms with Gasteiger partial charge in [0.1, 0.15) is 0 Å². The first-order valence-electron chi connectivity index (χ1n) is 7.28. The molecule has 0 aromatic rings. The number of hydrogen-bond acceptors (Lipinski definition) is 3. The SMILES string of the molecule is CCOC(C)(CC)C(NN)C1CCCCCC1. The second-order valence-corrected chi connectivity index (χ2v) is 5.50. The third kappa shape index (κ3) is 3.94. The molecule has 1 aliphatic rings. The van der Waals surface area contributed by atoms with E-state index in [1.54, 1.807) is 0 Å². The minimum absolute atomic E-state index is 0.126. The summed E-state index contributed by atoms with van der Waals surface area (Å²) in [5.74, 6) is 6.48. The predicted molar refractivity (Wildman–Crippen MR) is 72.6 cm³/mol. The molecule has 0 spiro atoms. The van der Waals surface area contributed by atoms with Crippen LogP contribution in [0.15, 0.2) is 0 Å². The zero-order valence-corrected chi connectivity index (χ0v) is 11.8. The van der Waals surface area contributed by atoms with Crippen LogP contribution in [0.3, 0.4) is 0 Å². The van der Waals surface area contributed by atoms with Crippen molar-refractivity contribution in [2.45, 2.75) is 77.4 Å². The van der Waals surface area contributed by atoms with Gasteiger partial charge in [-0.05, 0) is 39.0 Å². The Hall–Kier alpha value is -0.120. The van der Waals surface area contributed by atoms with E-state index in [9.17, 15) is 0 Å². The van der Waals surface area contributed by atoms with Crippen molar-refractivity contribution in [1.82, 2.24) is 5.43 Å². The average Bonchev–Trinajstić information content (AvgIpc) is 2.59. The van der Waals surface area contributed by atoms with Gasteiger partial charge >= 0.3 is 0 Å². The van der Waals surface area contributed by atoms with Gasteiger partial charge in [0.2, 0.25) is 0 Å². The van der Waals surface area contributed by atoms with Crippen molar-refractivity contribution in [2.24, 2.45) is 11.8 Å². The van der Waals surface area contributed by atoms with Crippen molar-refractivity contribution >= 4 is 0 Å². The molecule has 1 rings (SSSR count). The number of nitrogens with one attached hydrogen (secondary N) is 1. The Morgan fingerprint density at radius 1 is 1.24 bits per heavy atom. The Balaban J connectivity index is 2.72. The van der Waals surface area contributed by atoms with Crippen LogP contribution in [-0.2, 0) is 4.74 Å². The molecular formula is C14H30N2O. The summed E-state index contributed by atoms with van der Waals surface area (Å²) in [6.07, 6.45) is 9.03. The zero-order chi connectivity index (χ0) is 12.7. The summed E-state index contributed by atoms with van der Waals surface area (Å²) in [6, 6.07) is 0.283. The van der Waals surface area contributed by atoms with Gasteiger partial charge in [-0.1, -0.05) is 32.6 Å². The molecule has 3 N–H and O–H groups in total. The lowest BCUT2D eigenvalue weighted by atomic mass is 9.80. The van der Waals surface area contributed by atoms with E-state index in [-0.39, 0.29) is 11.6 Å². The van der Waals surface area contributed by atoms with Crippen molar-refractivity contribution in [2.75, 3.05) is 6.61 Å². The minimum Gasteiger partial charge on any atom is -0.374 e. The first kappa shape index (κ1) is 14.9. The molecule has 2 unspecified atom stereocenters. The van der Waals surface area contributed by atoms with Crippen LogP contribution in [0.4, 0.5) is 0 Å². The van der Waals surface area contributed by atoms with E-state index in [0.717, 1.165) is 13.0 Å². The summed E-state index contributed by atoms with van der Waals surface area (Å²) in [4.78, 5) is 0. The second-order valence-electron chi connectivity index (χ2n) is 5.50. The fourth-order valence-electron chi connectivity index (χ4n) is 3.20. The van der Waals surface area contributed by atoms with E-state index in [4.69, 9.17) is 10.6 Å². The van der Waals surface area contributed by atoms with Gasteiger partial charge in [-0.3, -0.25) is 11.3 Å². The summed E-state index contributed by atoms with van der Waals surface area (Å²) in [5.41, 5.74) is 2.92. The number of ether oxygens (including phenoxy) is 1.